The number of pyridine rings is 2. The molecule has 2 aliphatic carbocycles. The molecule has 8 rings (SSSR count). The van der Waals surface area contributed by atoms with Gasteiger partial charge in [0, 0.05) is 72.8 Å². The summed E-state index contributed by atoms with van der Waals surface area (Å²) in [6.07, 6.45) is 13.2. The molecule has 2 saturated carbocycles. The predicted octanol–water partition coefficient (Wildman–Crippen LogP) is 5.72. The van der Waals surface area contributed by atoms with Gasteiger partial charge >= 0.3 is 0 Å². The second-order valence-corrected chi connectivity index (χ2v) is 17.1. The second kappa shape index (κ2) is 21.5. The molecule has 8 N–H and O–H groups in total. The minimum atomic E-state index is -0.725. The Morgan fingerprint density at radius 2 is 1.15 bits per heavy atom. The van der Waals surface area contributed by atoms with Gasteiger partial charge < -0.3 is 42.5 Å². The van der Waals surface area contributed by atoms with Crippen LogP contribution in [0.15, 0.2) is 105 Å². The van der Waals surface area contributed by atoms with Gasteiger partial charge in [0.15, 0.2) is 23.0 Å². The van der Waals surface area contributed by atoms with E-state index in [0.29, 0.717) is 17.6 Å². The molecule has 4 heterocycles. The maximum absolute atomic E-state index is 12.0. The van der Waals surface area contributed by atoms with Crippen molar-refractivity contribution in [3.8, 4) is 0 Å². The molecule has 2 fully saturated rings. The van der Waals surface area contributed by atoms with Crippen molar-refractivity contribution in [3.63, 3.8) is 0 Å². The SMILES string of the molecule is C=CC(=O)NC1CCC[C@@H](N(C)c2cnc(C(N)=O)c(Nc3ccc4ncccc4c3)n2)[C@H]1C.C=CC(=O)NC1CCC[C@@H](N(C)c2nnc(C(N)=O)c(Nc3ccc4ncccc4c3)n2)[C@H]1C. The van der Waals surface area contributed by atoms with Gasteiger partial charge in [-0.25, -0.2) is 9.97 Å². The van der Waals surface area contributed by atoms with Crippen LogP contribution in [0, 0.1) is 11.8 Å². The molecule has 0 bridgehead atoms. The number of nitrogens with two attached hydrogens (primary N) is 2. The van der Waals surface area contributed by atoms with Crippen molar-refractivity contribution in [2.24, 2.45) is 23.3 Å². The molecule has 4 amide bonds. The standard InChI is InChI=1S/C25H29N7O2.C24H28N8O2/c1-4-22(33)30-18-8-5-9-20(15(18)2)32(3)21-14-28-23(24(26)34)25(31-21)29-17-10-11-19-16(13-17)7-6-12-27-19;1-4-20(33)28-17-8-5-9-19(14(17)2)32(3)24-29-23(21(22(25)34)30-31-24)27-16-10-11-18-15(13-16)7-6-12-26-18/h4,6-7,10-15,18,20H,1,5,8-9H2,2-3H3,(H2,26,34)(H,29,31)(H,30,33);4,6-7,10-14,17,19H,1,5,8-9H2,2-3H3,(H2,25,34)(H,28,33)(H,27,29,31)/t15-,18?,20+;14-,17?,19+/m00/s1. The van der Waals surface area contributed by atoms with Gasteiger partial charge in [0.05, 0.1) is 17.2 Å². The Morgan fingerprint density at radius 1 is 0.647 bits per heavy atom. The number of carbonyl (C=O) groups is 4. The van der Waals surface area contributed by atoms with Crippen LogP contribution in [0.4, 0.5) is 34.8 Å². The second-order valence-electron chi connectivity index (χ2n) is 17.1. The molecule has 6 atom stereocenters. The molecular weight excluding hydrogens is 863 g/mol. The van der Waals surface area contributed by atoms with Crippen LogP contribution in [0.25, 0.3) is 21.8 Å². The monoisotopic (exact) mass is 919 g/mol. The first-order valence-corrected chi connectivity index (χ1v) is 22.5. The van der Waals surface area contributed by atoms with E-state index in [-0.39, 0.29) is 65.0 Å². The Balaban J connectivity index is 0.000000201. The number of hydrogen-bond donors (Lipinski definition) is 6. The molecular formula is C49H57N15O4. The topological polar surface area (TPSA) is 265 Å². The Kier molecular flexibility index (Phi) is 15.1. The van der Waals surface area contributed by atoms with E-state index >= 15 is 0 Å². The van der Waals surface area contributed by atoms with Gasteiger partial charge in [0.1, 0.15) is 5.82 Å². The molecule has 0 aliphatic heterocycles. The molecule has 2 aromatic carbocycles. The number of benzene rings is 2. The van der Waals surface area contributed by atoms with Gasteiger partial charge in [0.2, 0.25) is 17.8 Å². The smallest absolute Gasteiger partial charge is 0.273 e. The summed E-state index contributed by atoms with van der Waals surface area (Å²) in [7, 11) is 3.85. The molecule has 0 saturated heterocycles. The van der Waals surface area contributed by atoms with E-state index in [1.807, 2.05) is 79.7 Å². The number of fused-ring (bicyclic) bond motifs is 2. The highest BCUT2D eigenvalue weighted by atomic mass is 16.2. The maximum Gasteiger partial charge on any atom is 0.273 e. The lowest BCUT2D eigenvalue weighted by molar-refractivity contribution is -0.118. The van der Waals surface area contributed by atoms with Crippen LogP contribution in [0.2, 0.25) is 0 Å². The molecule has 0 radical (unpaired) electrons. The summed E-state index contributed by atoms with van der Waals surface area (Å²) in [5, 5.41) is 22.6. The van der Waals surface area contributed by atoms with E-state index in [9.17, 15) is 19.2 Å². The summed E-state index contributed by atoms with van der Waals surface area (Å²) in [5.41, 5.74) is 14.3. The third kappa shape index (κ3) is 11.1. The van der Waals surface area contributed by atoms with Crippen molar-refractivity contribution < 1.29 is 19.2 Å². The molecule has 68 heavy (non-hydrogen) atoms. The van der Waals surface area contributed by atoms with Gasteiger partial charge in [-0.3, -0.25) is 29.1 Å². The minimum Gasteiger partial charge on any atom is -0.364 e. The number of aromatic nitrogens is 7. The maximum atomic E-state index is 12.0. The van der Waals surface area contributed by atoms with Crippen LogP contribution in [-0.4, -0.2) is 97.0 Å². The first-order chi connectivity index (χ1) is 32.7. The van der Waals surface area contributed by atoms with Crippen LogP contribution >= 0.6 is 0 Å². The zero-order valence-electron chi connectivity index (χ0n) is 38.6. The van der Waals surface area contributed by atoms with E-state index in [2.05, 4.69) is 83.3 Å². The van der Waals surface area contributed by atoms with Crippen LogP contribution in [0.3, 0.4) is 0 Å². The molecule has 2 unspecified atom stereocenters. The lowest BCUT2D eigenvalue weighted by Gasteiger charge is -2.41. The van der Waals surface area contributed by atoms with E-state index in [0.717, 1.165) is 71.7 Å². The van der Waals surface area contributed by atoms with Crippen molar-refractivity contribution in [3.05, 3.63) is 116 Å². The lowest BCUT2D eigenvalue weighted by Crippen LogP contribution is -2.51. The van der Waals surface area contributed by atoms with Crippen LogP contribution in [0.1, 0.15) is 73.3 Å². The van der Waals surface area contributed by atoms with E-state index < -0.39 is 11.8 Å². The first kappa shape index (κ1) is 47.9. The zero-order chi connectivity index (χ0) is 48.5. The number of amides is 4. The van der Waals surface area contributed by atoms with Gasteiger partial charge in [-0.05, 0) is 111 Å². The third-order valence-corrected chi connectivity index (χ3v) is 12.8. The number of nitrogens with one attached hydrogen (secondary N) is 4. The highest BCUT2D eigenvalue weighted by Gasteiger charge is 2.36. The normalized spacial score (nSPS) is 19.9. The van der Waals surface area contributed by atoms with Crippen LogP contribution in [-0.2, 0) is 9.59 Å². The van der Waals surface area contributed by atoms with Crippen molar-refractivity contribution in [2.45, 2.75) is 76.5 Å². The number of primary amides is 2. The quantitative estimate of drug-likeness (QED) is 0.0714. The fourth-order valence-electron chi connectivity index (χ4n) is 9.10. The minimum absolute atomic E-state index is 0.0216. The number of carbonyl (C=O) groups excluding carboxylic acids is 4. The Morgan fingerprint density at radius 3 is 1.65 bits per heavy atom. The Hall–Kier alpha value is -8.09. The highest BCUT2D eigenvalue weighted by molar-refractivity contribution is 5.97. The summed E-state index contributed by atoms with van der Waals surface area (Å²) in [6.45, 7) is 11.3. The van der Waals surface area contributed by atoms with E-state index in [1.54, 1.807) is 18.6 Å². The van der Waals surface area contributed by atoms with E-state index in [4.69, 9.17) is 16.5 Å². The number of rotatable bonds is 14. The molecule has 19 nitrogen and oxygen atoms in total. The van der Waals surface area contributed by atoms with E-state index in [1.165, 1.54) is 12.2 Å². The molecule has 352 valence electrons. The number of hydrogen-bond acceptors (Lipinski definition) is 15. The lowest BCUT2D eigenvalue weighted by atomic mass is 9.81. The third-order valence-electron chi connectivity index (χ3n) is 12.8. The Labute approximate surface area is 394 Å². The van der Waals surface area contributed by atoms with Crippen molar-refractivity contribution >= 4 is 80.2 Å². The summed E-state index contributed by atoms with van der Waals surface area (Å²) in [5.74, 6) is 0.0971. The summed E-state index contributed by atoms with van der Waals surface area (Å²) >= 11 is 0. The van der Waals surface area contributed by atoms with Crippen molar-refractivity contribution in [1.29, 1.82) is 0 Å². The number of nitrogens with zero attached hydrogens (tertiary/aromatic N) is 9. The average molecular weight is 920 g/mol. The molecule has 19 heteroatoms. The van der Waals surface area contributed by atoms with Gasteiger partial charge in [-0.2, -0.15) is 4.98 Å². The summed E-state index contributed by atoms with van der Waals surface area (Å²) in [6, 6.07) is 19.3. The van der Waals surface area contributed by atoms with Crippen molar-refractivity contribution in [2.75, 3.05) is 34.5 Å². The molecule has 0 spiro atoms. The first-order valence-electron chi connectivity index (χ1n) is 22.5. The van der Waals surface area contributed by atoms with Crippen molar-refractivity contribution in [1.82, 2.24) is 45.8 Å². The van der Waals surface area contributed by atoms with Gasteiger partial charge in [-0.1, -0.05) is 39.1 Å². The fraction of sp³-hybridized carbons (Fsp3) is 0.327. The van der Waals surface area contributed by atoms with Crippen LogP contribution in [0.5, 0.6) is 0 Å². The molecule has 2 aliphatic rings. The zero-order valence-corrected chi connectivity index (χ0v) is 38.6. The van der Waals surface area contributed by atoms with Gasteiger partial charge in [-0.15, -0.1) is 10.2 Å². The largest absolute Gasteiger partial charge is 0.364 e. The Bertz CT molecular complexity index is 2650. The highest BCUT2D eigenvalue weighted by Crippen LogP contribution is 2.33. The predicted molar refractivity (Wildman–Crippen MR) is 264 cm³/mol. The van der Waals surface area contributed by atoms with Gasteiger partial charge in [0.25, 0.3) is 11.8 Å². The average Bonchev–Trinajstić information content (AvgIpc) is 3.34. The summed E-state index contributed by atoms with van der Waals surface area (Å²) < 4.78 is 0. The summed E-state index contributed by atoms with van der Waals surface area (Å²) in [4.78, 5) is 74.0. The molecule has 6 aromatic rings. The molecule has 4 aromatic heterocycles. The fourth-order valence-corrected chi connectivity index (χ4v) is 9.10. The number of anilines is 6. The van der Waals surface area contributed by atoms with Crippen LogP contribution < -0.4 is 42.5 Å².